The zero-order valence-corrected chi connectivity index (χ0v) is 16.4. The number of nitrogens with one attached hydrogen (secondary N) is 2. The van der Waals surface area contributed by atoms with Crippen LogP contribution in [0, 0.1) is 5.82 Å². The fraction of sp³-hybridized carbons (Fsp3) is 0.304. The molecule has 4 rings (SSSR count). The zero-order valence-electron chi connectivity index (χ0n) is 16.4. The molecule has 1 aliphatic rings. The second kappa shape index (κ2) is 8.07. The van der Waals surface area contributed by atoms with Gasteiger partial charge in [0.15, 0.2) is 0 Å². The number of nitrogens with zero attached hydrogens (tertiary/aromatic N) is 1. The first-order valence-corrected chi connectivity index (χ1v) is 10.0. The van der Waals surface area contributed by atoms with E-state index in [9.17, 15) is 14.0 Å². The van der Waals surface area contributed by atoms with Crippen LogP contribution in [0.25, 0.3) is 10.9 Å². The van der Waals surface area contributed by atoms with E-state index < -0.39 is 0 Å². The number of carbonyl (C=O) groups is 2. The highest BCUT2D eigenvalue weighted by molar-refractivity contribution is 6.06. The van der Waals surface area contributed by atoms with Gasteiger partial charge in [-0.15, -0.1) is 0 Å². The quantitative estimate of drug-likeness (QED) is 0.676. The summed E-state index contributed by atoms with van der Waals surface area (Å²) in [6, 6.07) is 13.8. The molecule has 0 bridgehead atoms. The van der Waals surface area contributed by atoms with Crippen molar-refractivity contribution in [3.05, 3.63) is 65.6 Å². The van der Waals surface area contributed by atoms with E-state index in [1.165, 1.54) is 29.8 Å². The largest absolute Gasteiger partial charge is 0.351 e. The van der Waals surface area contributed by atoms with E-state index >= 15 is 0 Å². The lowest BCUT2D eigenvalue weighted by atomic mass is 9.89. The van der Waals surface area contributed by atoms with Gasteiger partial charge in [-0.2, -0.15) is 0 Å². The van der Waals surface area contributed by atoms with Crippen LogP contribution in [0.5, 0.6) is 0 Å². The highest BCUT2D eigenvalue weighted by Gasteiger charge is 2.23. The average molecular weight is 393 g/mol. The van der Waals surface area contributed by atoms with Crippen molar-refractivity contribution in [2.24, 2.45) is 0 Å². The van der Waals surface area contributed by atoms with Gasteiger partial charge in [0.25, 0.3) is 5.91 Å². The van der Waals surface area contributed by atoms with Crippen molar-refractivity contribution in [1.29, 1.82) is 0 Å². The summed E-state index contributed by atoms with van der Waals surface area (Å²) in [5.74, 6) is 0.0415. The Kier molecular flexibility index (Phi) is 5.34. The number of hydrogen-bond acceptors (Lipinski definition) is 2. The van der Waals surface area contributed by atoms with Crippen molar-refractivity contribution in [3.8, 4) is 0 Å². The number of rotatable bonds is 4. The van der Waals surface area contributed by atoms with Crippen LogP contribution in [0.1, 0.15) is 48.2 Å². The van der Waals surface area contributed by atoms with E-state index in [4.69, 9.17) is 0 Å². The van der Waals surface area contributed by atoms with Crippen LogP contribution < -0.4 is 5.32 Å². The first-order chi connectivity index (χ1) is 14.0. The van der Waals surface area contributed by atoms with Gasteiger partial charge in [-0.1, -0.05) is 13.0 Å². The lowest BCUT2D eigenvalue weighted by molar-refractivity contribution is -0.131. The molecule has 2 amide bonds. The highest BCUT2D eigenvalue weighted by atomic mass is 19.1. The summed E-state index contributed by atoms with van der Waals surface area (Å²) in [5.41, 5.74) is 3.15. The molecule has 2 N–H and O–H groups in total. The molecule has 0 atom stereocenters. The summed E-state index contributed by atoms with van der Waals surface area (Å²) < 4.78 is 13.0. The number of halogens is 1. The zero-order chi connectivity index (χ0) is 20.4. The number of aromatic amines is 1. The fourth-order valence-electron chi connectivity index (χ4n) is 3.94. The molecule has 1 aliphatic heterocycles. The number of fused-ring (bicyclic) bond motifs is 1. The number of likely N-dealkylation sites (tertiary alicyclic amines) is 1. The number of anilines is 1. The summed E-state index contributed by atoms with van der Waals surface area (Å²) in [6.45, 7) is 3.50. The third-order valence-corrected chi connectivity index (χ3v) is 5.61. The fourth-order valence-corrected chi connectivity index (χ4v) is 3.94. The first-order valence-electron chi connectivity index (χ1n) is 10.0. The number of hydrogen-bond donors (Lipinski definition) is 2. The molecule has 0 spiro atoms. The number of amides is 2. The topological polar surface area (TPSA) is 65.2 Å². The van der Waals surface area contributed by atoms with Gasteiger partial charge in [-0.05, 0) is 66.8 Å². The number of H-pyrrole nitrogens is 1. The minimum absolute atomic E-state index is 0.223. The van der Waals surface area contributed by atoms with Gasteiger partial charge in [-0.25, -0.2) is 4.39 Å². The standard InChI is InChI=1S/C23H24FN3O2/c1-2-22(28)27-11-9-15(10-12-27)16-3-8-20-17(13-16)14-21(26-20)23(29)25-19-6-4-18(24)5-7-19/h3-8,13-15,26H,2,9-12H2,1H3,(H,25,29). The SMILES string of the molecule is CCC(=O)N1CCC(c2ccc3[nH]c(C(=O)Nc4ccc(F)cc4)cc3c2)CC1. The molecular weight excluding hydrogens is 369 g/mol. The lowest BCUT2D eigenvalue weighted by Gasteiger charge is -2.32. The molecule has 1 aromatic heterocycles. The molecule has 5 nitrogen and oxygen atoms in total. The molecule has 0 saturated carbocycles. The molecule has 1 saturated heterocycles. The molecule has 0 aliphatic carbocycles. The molecule has 2 aromatic carbocycles. The van der Waals surface area contributed by atoms with Crippen molar-refractivity contribution < 1.29 is 14.0 Å². The third-order valence-electron chi connectivity index (χ3n) is 5.61. The molecule has 0 radical (unpaired) electrons. The second-order valence-electron chi connectivity index (χ2n) is 7.50. The monoisotopic (exact) mass is 393 g/mol. The van der Waals surface area contributed by atoms with Gasteiger partial charge in [0.1, 0.15) is 11.5 Å². The van der Waals surface area contributed by atoms with Crippen LogP contribution in [0.2, 0.25) is 0 Å². The maximum Gasteiger partial charge on any atom is 0.272 e. The van der Waals surface area contributed by atoms with Crippen molar-refractivity contribution in [2.75, 3.05) is 18.4 Å². The molecule has 150 valence electrons. The highest BCUT2D eigenvalue weighted by Crippen LogP contribution is 2.30. The normalized spacial score (nSPS) is 14.9. The summed E-state index contributed by atoms with van der Waals surface area (Å²) in [6.07, 6.45) is 2.47. The summed E-state index contributed by atoms with van der Waals surface area (Å²) >= 11 is 0. The first kappa shape index (κ1) is 19.2. The van der Waals surface area contributed by atoms with Crippen LogP contribution in [0.3, 0.4) is 0 Å². The van der Waals surface area contributed by atoms with Crippen LogP contribution in [-0.4, -0.2) is 34.8 Å². The molecule has 29 heavy (non-hydrogen) atoms. The Morgan fingerprint density at radius 2 is 1.83 bits per heavy atom. The van der Waals surface area contributed by atoms with Crippen molar-refractivity contribution in [1.82, 2.24) is 9.88 Å². The predicted molar refractivity (Wildman–Crippen MR) is 111 cm³/mol. The number of aromatic nitrogens is 1. The third kappa shape index (κ3) is 4.16. The van der Waals surface area contributed by atoms with Gasteiger partial charge < -0.3 is 15.2 Å². The molecule has 3 aromatic rings. The van der Waals surface area contributed by atoms with E-state index in [1.807, 2.05) is 24.0 Å². The Morgan fingerprint density at radius 3 is 2.52 bits per heavy atom. The Hall–Kier alpha value is -3.15. The lowest BCUT2D eigenvalue weighted by Crippen LogP contribution is -2.37. The second-order valence-corrected chi connectivity index (χ2v) is 7.50. The Bertz CT molecular complexity index is 1030. The average Bonchev–Trinajstić information content (AvgIpc) is 3.18. The van der Waals surface area contributed by atoms with Gasteiger partial charge in [0.05, 0.1) is 0 Å². The van der Waals surface area contributed by atoms with Crippen molar-refractivity contribution in [2.45, 2.75) is 32.1 Å². The Balaban J connectivity index is 1.47. The summed E-state index contributed by atoms with van der Waals surface area (Å²) in [5, 5.41) is 3.76. The van der Waals surface area contributed by atoms with E-state index in [-0.39, 0.29) is 17.6 Å². The molecule has 0 unspecified atom stereocenters. The summed E-state index contributed by atoms with van der Waals surface area (Å²) in [7, 11) is 0. The molecular formula is C23H24FN3O2. The Labute approximate surface area is 168 Å². The number of benzene rings is 2. The van der Waals surface area contributed by atoms with Crippen molar-refractivity contribution >= 4 is 28.4 Å². The van der Waals surface area contributed by atoms with Gasteiger partial charge >= 0.3 is 0 Å². The minimum atomic E-state index is -0.342. The van der Waals surface area contributed by atoms with Crippen LogP contribution in [0.15, 0.2) is 48.5 Å². The summed E-state index contributed by atoms with van der Waals surface area (Å²) in [4.78, 5) is 29.5. The van der Waals surface area contributed by atoms with Crippen LogP contribution in [-0.2, 0) is 4.79 Å². The van der Waals surface area contributed by atoms with E-state index in [0.717, 1.165) is 36.8 Å². The van der Waals surface area contributed by atoms with Gasteiger partial charge in [-0.3, -0.25) is 9.59 Å². The van der Waals surface area contributed by atoms with Gasteiger partial charge in [0, 0.05) is 36.1 Å². The van der Waals surface area contributed by atoms with E-state index in [0.29, 0.717) is 23.7 Å². The number of carbonyl (C=O) groups excluding carboxylic acids is 2. The smallest absolute Gasteiger partial charge is 0.272 e. The van der Waals surface area contributed by atoms with E-state index in [1.54, 1.807) is 0 Å². The van der Waals surface area contributed by atoms with Crippen molar-refractivity contribution in [3.63, 3.8) is 0 Å². The molecule has 1 fully saturated rings. The van der Waals surface area contributed by atoms with Crippen LogP contribution in [0.4, 0.5) is 10.1 Å². The molecule has 2 heterocycles. The van der Waals surface area contributed by atoms with Crippen LogP contribution >= 0.6 is 0 Å². The number of piperidine rings is 1. The molecule has 6 heteroatoms. The maximum absolute atomic E-state index is 13.0. The predicted octanol–water partition coefficient (Wildman–Crippen LogP) is 4.68. The van der Waals surface area contributed by atoms with Gasteiger partial charge in [0.2, 0.25) is 5.91 Å². The Morgan fingerprint density at radius 1 is 1.10 bits per heavy atom. The minimum Gasteiger partial charge on any atom is -0.351 e. The van der Waals surface area contributed by atoms with E-state index in [2.05, 4.69) is 22.4 Å². The maximum atomic E-state index is 13.0.